The lowest BCUT2D eigenvalue weighted by Gasteiger charge is -2.15. The molecule has 5 aromatic rings. The second-order valence-corrected chi connectivity index (χ2v) is 9.80. The second-order valence-electron chi connectivity index (χ2n) is 8.88. The zero-order chi connectivity index (χ0) is 25.9. The molecule has 0 spiro atoms. The summed E-state index contributed by atoms with van der Waals surface area (Å²) in [6.45, 7) is 4.14. The summed E-state index contributed by atoms with van der Waals surface area (Å²) >= 11 is 3.45. The van der Waals surface area contributed by atoms with E-state index in [1.54, 1.807) is 30.5 Å². The van der Waals surface area contributed by atoms with Crippen molar-refractivity contribution in [3.05, 3.63) is 116 Å². The van der Waals surface area contributed by atoms with Gasteiger partial charge in [0.25, 0.3) is 5.56 Å². The first-order valence-electron chi connectivity index (χ1n) is 12.1. The van der Waals surface area contributed by atoms with Gasteiger partial charge >= 0.3 is 0 Å². The minimum atomic E-state index is -0.323. The van der Waals surface area contributed by atoms with Crippen molar-refractivity contribution in [2.75, 3.05) is 0 Å². The largest absolute Gasteiger partial charge is 0.488 e. The second kappa shape index (κ2) is 10.6. The van der Waals surface area contributed by atoms with Crippen LogP contribution in [0, 0.1) is 5.82 Å². The van der Waals surface area contributed by atoms with Gasteiger partial charge in [-0.1, -0.05) is 78.3 Å². The van der Waals surface area contributed by atoms with E-state index < -0.39 is 0 Å². The van der Waals surface area contributed by atoms with Crippen molar-refractivity contribution in [3.8, 4) is 5.75 Å². The Morgan fingerprint density at radius 3 is 2.65 bits per heavy atom. The molecule has 0 saturated carbocycles. The minimum absolute atomic E-state index is 0.0159. The third kappa shape index (κ3) is 5.04. The molecule has 0 fully saturated rings. The van der Waals surface area contributed by atoms with Crippen LogP contribution in [0.25, 0.3) is 21.7 Å². The molecule has 0 unspecified atom stereocenters. The molecule has 1 atom stereocenters. The number of rotatable bonds is 7. The van der Waals surface area contributed by atoms with Gasteiger partial charge in [-0.3, -0.25) is 4.79 Å². The number of nitrogens with zero attached hydrogens (tertiary/aromatic N) is 3. The fourth-order valence-corrected chi connectivity index (χ4v) is 4.56. The Kier molecular flexibility index (Phi) is 7.15. The Morgan fingerprint density at radius 1 is 1.05 bits per heavy atom. The van der Waals surface area contributed by atoms with Gasteiger partial charge in [0, 0.05) is 21.5 Å². The molecule has 4 aromatic carbocycles. The zero-order valence-corrected chi connectivity index (χ0v) is 22.1. The highest BCUT2D eigenvalue weighted by Crippen LogP contribution is 2.28. The first kappa shape index (κ1) is 24.8. The molecule has 5 nitrogen and oxygen atoms in total. The van der Waals surface area contributed by atoms with Gasteiger partial charge < -0.3 is 4.74 Å². The van der Waals surface area contributed by atoms with E-state index in [1.807, 2.05) is 55.5 Å². The van der Waals surface area contributed by atoms with E-state index in [1.165, 1.54) is 10.7 Å². The molecular formula is C30H25BrFN3O2. The highest BCUT2D eigenvalue weighted by atomic mass is 79.9. The molecule has 0 aliphatic heterocycles. The van der Waals surface area contributed by atoms with Crippen LogP contribution in [-0.2, 0) is 6.61 Å². The van der Waals surface area contributed by atoms with Gasteiger partial charge in [-0.15, -0.1) is 0 Å². The Bertz CT molecular complexity index is 1700. The molecule has 0 amide bonds. The van der Waals surface area contributed by atoms with Gasteiger partial charge in [0.05, 0.1) is 17.1 Å². The van der Waals surface area contributed by atoms with E-state index in [0.29, 0.717) is 33.6 Å². The summed E-state index contributed by atoms with van der Waals surface area (Å²) < 4.78 is 22.5. The van der Waals surface area contributed by atoms with Gasteiger partial charge in [-0.2, -0.15) is 9.78 Å². The molecule has 0 aliphatic rings. The molecule has 0 bridgehead atoms. The van der Waals surface area contributed by atoms with E-state index in [-0.39, 0.29) is 23.9 Å². The Balaban J connectivity index is 1.64. The van der Waals surface area contributed by atoms with Crippen LogP contribution >= 0.6 is 15.9 Å². The smallest absolute Gasteiger partial charge is 0.282 e. The van der Waals surface area contributed by atoms with Gasteiger partial charge in [-0.25, -0.2) is 9.37 Å². The summed E-state index contributed by atoms with van der Waals surface area (Å²) in [6.07, 6.45) is 2.44. The van der Waals surface area contributed by atoms with Crippen molar-refractivity contribution in [3.63, 3.8) is 0 Å². The van der Waals surface area contributed by atoms with Crippen LogP contribution in [0.15, 0.2) is 93.2 Å². The summed E-state index contributed by atoms with van der Waals surface area (Å²) in [7, 11) is 0. The first-order chi connectivity index (χ1) is 18.0. The van der Waals surface area contributed by atoms with Gasteiger partial charge in [0.2, 0.25) is 0 Å². The highest BCUT2D eigenvalue weighted by molar-refractivity contribution is 9.10. The maximum absolute atomic E-state index is 14.2. The number of aromatic nitrogens is 2. The average Bonchev–Trinajstić information content (AvgIpc) is 2.92. The molecule has 1 aromatic heterocycles. The molecule has 7 heteroatoms. The number of hydrogen-bond donors (Lipinski definition) is 0. The summed E-state index contributed by atoms with van der Waals surface area (Å²) in [5, 5.41) is 7.04. The fraction of sp³-hybridized carbons (Fsp3) is 0.167. The van der Waals surface area contributed by atoms with Gasteiger partial charge in [0.1, 0.15) is 24.0 Å². The normalized spacial score (nSPS) is 12.4. The van der Waals surface area contributed by atoms with E-state index in [0.717, 1.165) is 21.7 Å². The number of fused-ring (bicyclic) bond motifs is 2. The third-order valence-corrected chi connectivity index (χ3v) is 6.95. The zero-order valence-electron chi connectivity index (χ0n) is 20.5. The molecule has 0 aliphatic carbocycles. The first-order valence-corrected chi connectivity index (χ1v) is 12.9. The van der Waals surface area contributed by atoms with Crippen LogP contribution in [-0.4, -0.2) is 15.9 Å². The van der Waals surface area contributed by atoms with E-state index in [2.05, 4.69) is 28.0 Å². The van der Waals surface area contributed by atoms with Crippen molar-refractivity contribution in [1.29, 1.82) is 0 Å². The molecule has 1 heterocycles. The lowest BCUT2D eigenvalue weighted by Crippen LogP contribution is -2.23. The predicted octanol–water partition coefficient (Wildman–Crippen LogP) is 7.43. The van der Waals surface area contributed by atoms with Crippen molar-refractivity contribution >= 4 is 43.8 Å². The number of hydrogen-bond acceptors (Lipinski definition) is 4. The van der Waals surface area contributed by atoms with Crippen LogP contribution in [0.5, 0.6) is 5.75 Å². The van der Waals surface area contributed by atoms with Crippen LogP contribution in [0.1, 0.15) is 43.1 Å². The summed E-state index contributed by atoms with van der Waals surface area (Å²) in [4.78, 5) is 18.3. The van der Waals surface area contributed by atoms with Crippen molar-refractivity contribution in [2.24, 2.45) is 5.10 Å². The van der Waals surface area contributed by atoms with Gasteiger partial charge in [0.15, 0.2) is 0 Å². The number of benzene rings is 4. The topological polar surface area (TPSA) is 56.5 Å². The standard InChI is InChI=1S/C30H25BrFN3O2/c1-3-19(2)29-34-27-14-13-22(31)16-24(27)30(36)35(29)33-17-25-23-10-6-4-8-20(23)12-15-28(25)37-18-21-9-5-7-11-26(21)32/h4-17,19H,3,18H2,1-2H3/t19-/m0/s1. The monoisotopic (exact) mass is 557 g/mol. The van der Waals surface area contributed by atoms with E-state index in [4.69, 9.17) is 9.72 Å². The van der Waals surface area contributed by atoms with E-state index >= 15 is 0 Å². The van der Waals surface area contributed by atoms with Crippen molar-refractivity contribution in [2.45, 2.75) is 32.8 Å². The average molecular weight is 558 g/mol. The highest BCUT2D eigenvalue weighted by Gasteiger charge is 2.16. The molecule has 5 rings (SSSR count). The quantitative estimate of drug-likeness (QED) is 0.195. The van der Waals surface area contributed by atoms with Crippen LogP contribution in [0.2, 0.25) is 0 Å². The molecule has 0 N–H and O–H groups in total. The Hall–Kier alpha value is -3.84. The van der Waals surface area contributed by atoms with E-state index in [9.17, 15) is 9.18 Å². The Morgan fingerprint density at radius 2 is 1.84 bits per heavy atom. The number of ether oxygens (including phenoxy) is 1. The van der Waals surface area contributed by atoms with Crippen LogP contribution in [0.3, 0.4) is 0 Å². The predicted molar refractivity (Wildman–Crippen MR) is 150 cm³/mol. The Labute approximate surface area is 222 Å². The molecule has 0 saturated heterocycles. The maximum atomic E-state index is 14.2. The van der Waals surface area contributed by atoms with Crippen LogP contribution in [0.4, 0.5) is 4.39 Å². The SMILES string of the molecule is CC[C@H](C)c1nc2ccc(Br)cc2c(=O)n1N=Cc1c(OCc2ccccc2F)ccc2ccccc12. The minimum Gasteiger partial charge on any atom is -0.488 e. The molecular weight excluding hydrogens is 533 g/mol. The molecule has 0 radical (unpaired) electrons. The third-order valence-electron chi connectivity index (χ3n) is 6.46. The van der Waals surface area contributed by atoms with Crippen molar-refractivity contribution < 1.29 is 9.13 Å². The summed E-state index contributed by atoms with van der Waals surface area (Å²) in [6, 6.07) is 23.7. The lowest BCUT2D eigenvalue weighted by molar-refractivity contribution is 0.300. The number of halogens is 2. The summed E-state index contributed by atoms with van der Waals surface area (Å²) in [5.74, 6) is 0.826. The van der Waals surface area contributed by atoms with Crippen LogP contribution < -0.4 is 10.3 Å². The van der Waals surface area contributed by atoms with Crippen molar-refractivity contribution in [1.82, 2.24) is 9.66 Å². The maximum Gasteiger partial charge on any atom is 0.282 e. The summed E-state index contributed by atoms with van der Waals surface area (Å²) in [5.41, 5.74) is 1.55. The molecule has 186 valence electrons. The van der Waals surface area contributed by atoms with Gasteiger partial charge in [-0.05, 0) is 47.5 Å². The lowest BCUT2D eigenvalue weighted by atomic mass is 10.0. The molecule has 37 heavy (non-hydrogen) atoms. The fourth-order valence-electron chi connectivity index (χ4n) is 4.20.